The van der Waals surface area contributed by atoms with Gasteiger partial charge in [-0.15, -0.1) is 0 Å². The highest BCUT2D eigenvalue weighted by atomic mass is 16.4. The monoisotopic (exact) mass is 253 g/mol. The molecule has 1 N–H and O–H groups in total. The van der Waals surface area contributed by atoms with E-state index in [-0.39, 0.29) is 5.78 Å². The Balaban J connectivity index is 2.08. The Labute approximate surface area is 108 Å². The van der Waals surface area contributed by atoms with Crippen molar-refractivity contribution in [3.8, 4) is 0 Å². The standard InChI is InChI=1S/C15H11NO3/c1-9-3-2-4-10(7-9)14(17)11-5-6-12-13(8-11)19-15(18)16-12/h2-8H,1H3,(H,16,18). The van der Waals surface area contributed by atoms with Crippen molar-refractivity contribution in [2.45, 2.75) is 6.92 Å². The van der Waals surface area contributed by atoms with E-state index in [9.17, 15) is 9.59 Å². The number of rotatable bonds is 2. The number of ketones is 1. The number of oxazole rings is 1. The second kappa shape index (κ2) is 4.24. The zero-order valence-electron chi connectivity index (χ0n) is 10.3. The van der Waals surface area contributed by atoms with Crippen molar-refractivity contribution in [3.63, 3.8) is 0 Å². The van der Waals surface area contributed by atoms with E-state index in [0.717, 1.165) is 5.56 Å². The van der Waals surface area contributed by atoms with Crippen LogP contribution in [0.3, 0.4) is 0 Å². The van der Waals surface area contributed by atoms with E-state index in [0.29, 0.717) is 22.2 Å². The van der Waals surface area contributed by atoms with E-state index in [4.69, 9.17) is 4.42 Å². The fourth-order valence-electron chi connectivity index (χ4n) is 2.04. The van der Waals surface area contributed by atoms with Crippen LogP contribution in [0.4, 0.5) is 0 Å². The van der Waals surface area contributed by atoms with Crippen molar-refractivity contribution in [1.29, 1.82) is 0 Å². The SMILES string of the molecule is Cc1cccc(C(=O)c2ccc3[nH]c(=O)oc3c2)c1. The predicted molar refractivity (Wildman–Crippen MR) is 71.4 cm³/mol. The van der Waals surface area contributed by atoms with Crippen LogP contribution < -0.4 is 5.76 Å². The molecule has 2 aromatic carbocycles. The van der Waals surface area contributed by atoms with Crippen LogP contribution in [-0.4, -0.2) is 10.8 Å². The molecule has 1 heterocycles. The summed E-state index contributed by atoms with van der Waals surface area (Å²) >= 11 is 0. The lowest BCUT2D eigenvalue weighted by Gasteiger charge is -2.02. The molecule has 0 unspecified atom stereocenters. The third-order valence-corrected chi connectivity index (χ3v) is 2.96. The van der Waals surface area contributed by atoms with Gasteiger partial charge < -0.3 is 4.42 Å². The summed E-state index contributed by atoms with van der Waals surface area (Å²) in [4.78, 5) is 25.9. The molecule has 94 valence electrons. The van der Waals surface area contributed by atoms with Crippen LogP contribution >= 0.6 is 0 Å². The molecule has 0 spiro atoms. The molecule has 0 aliphatic carbocycles. The minimum Gasteiger partial charge on any atom is -0.408 e. The maximum absolute atomic E-state index is 12.3. The van der Waals surface area contributed by atoms with Gasteiger partial charge >= 0.3 is 5.76 Å². The first-order valence-electron chi connectivity index (χ1n) is 5.88. The lowest BCUT2D eigenvalue weighted by Crippen LogP contribution is -2.01. The maximum atomic E-state index is 12.3. The number of H-pyrrole nitrogens is 1. The van der Waals surface area contributed by atoms with Gasteiger partial charge in [-0.2, -0.15) is 0 Å². The fraction of sp³-hybridized carbons (Fsp3) is 0.0667. The number of hydrogen-bond donors (Lipinski definition) is 1. The highest BCUT2D eigenvalue weighted by molar-refractivity contribution is 6.10. The minimum absolute atomic E-state index is 0.0885. The maximum Gasteiger partial charge on any atom is 0.417 e. The molecule has 0 saturated heterocycles. The van der Waals surface area contributed by atoms with Crippen molar-refractivity contribution in [1.82, 2.24) is 4.98 Å². The normalized spacial score (nSPS) is 10.8. The number of nitrogens with one attached hydrogen (secondary N) is 1. The van der Waals surface area contributed by atoms with Crippen LogP contribution in [0, 0.1) is 6.92 Å². The predicted octanol–water partition coefficient (Wildman–Crippen LogP) is 2.66. The molecule has 0 saturated carbocycles. The highest BCUT2D eigenvalue weighted by Gasteiger charge is 2.11. The van der Waals surface area contributed by atoms with Crippen molar-refractivity contribution < 1.29 is 9.21 Å². The molecular weight excluding hydrogens is 242 g/mol. The van der Waals surface area contributed by atoms with Gasteiger partial charge in [0.2, 0.25) is 0 Å². The zero-order chi connectivity index (χ0) is 13.4. The first-order chi connectivity index (χ1) is 9.13. The van der Waals surface area contributed by atoms with E-state index >= 15 is 0 Å². The average Bonchev–Trinajstić information content (AvgIpc) is 2.76. The fourth-order valence-corrected chi connectivity index (χ4v) is 2.04. The number of benzene rings is 2. The van der Waals surface area contributed by atoms with E-state index in [2.05, 4.69) is 4.98 Å². The van der Waals surface area contributed by atoms with Gasteiger partial charge in [-0.25, -0.2) is 4.79 Å². The Kier molecular flexibility index (Phi) is 2.56. The smallest absolute Gasteiger partial charge is 0.408 e. The molecule has 0 aliphatic heterocycles. The van der Waals surface area contributed by atoms with Gasteiger partial charge in [0.1, 0.15) is 0 Å². The summed E-state index contributed by atoms with van der Waals surface area (Å²) in [6.07, 6.45) is 0. The summed E-state index contributed by atoms with van der Waals surface area (Å²) in [7, 11) is 0. The molecule has 0 amide bonds. The number of aryl methyl sites for hydroxylation is 1. The molecule has 0 aliphatic rings. The van der Waals surface area contributed by atoms with E-state index < -0.39 is 5.76 Å². The van der Waals surface area contributed by atoms with Crippen LogP contribution in [-0.2, 0) is 0 Å². The van der Waals surface area contributed by atoms with E-state index in [1.165, 1.54) is 0 Å². The van der Waals surface area contributed by atoms with Crippen molar-refractivity contribution in [2.75, 3.05) is 0 Å². The van der Waals surface area contributed by atoms with Gasteiger partial charge in [-0.1, -0.05) is 23.8 Å². The molecule has 0 bridgehead atoms. The van der Waals surface area contributed by atoms with Crippen molar-refractivity contribution in [2.24, 2.45) is 0 Å². The Morgan fingerprint density at radius 1 is 1.11 bits per heavy atom. The molecule has 19 heavy (non-hydrogen) atoms. The number of carbonyl (C=O) groups excluding carboxylic acids is 1. The first-order valence-corrected chi connectivity index (χ1v) is 5.88. The molecule has 1 aromatic heterocycles. The summed E-state index contributed by atoms with van der Waals surface area (Å²) in [6, 6.07) is 12.3. The number of carbonyl (C=O) groups is 1. The molecule has 4 heteroatoms. The van der Waals surface area contributed by atoms with Gasteiger partial charge in [0.15, 0.2) is 11.4 Å². The van der Waals surface area contributed by atoms with E-state index in [1.54, 1.807) is 24.3 Å². The second-order valence-electron chi connectivity index (χ2n) is 4.42. The minimum atomic E-state index is -0.518. The van der Waals surface area contributed by atoms with Crippen LogP contribution in [0.15, 0.2) is 51.7 Å². The lowest BCUT2D eigenvalue weighted by atomic mass is 10.0. The third kappa shape index (κ3) is 2.08. The highest BCUT2D eigenvalue weighted by Crippen LogP contribution is 2.16. The summed E-state index contributed by atoms with van der Waals surface area (Å²) in [5.74, 6) is -0.607. The molecule has 4 nitrogen and oxygen atoms in total. The molecule has 0 fully saturated rings. The summed E-state index contributed by atoms with van der Waals surface area (Å²) in [6.45, 7) is 1.94. The quantitative estimate of drug-likeness (QED) is 0.714. The molecular formula is C15H11NO3. The van der Waals surface area contributed by atoms with Crippen LogP contribution in [0.2, 0.25) is 0 Å². The first kappa shape index (κ1) is 11.5. The molecule has 3 rings (SSSR count). The number of hydrogen-bond acceptors (Lipinski definition) is 3. The van der Waals surface area contributed by atoms with Crippen LogP contribution in [0.1, 0.15) is 21.5 Å². The Morgan fingerprint density at radius 2 is 1.89 bits per heavy atom. The number of aromatic amines is 1. The Bertz CT molecular complexity index is 827. The van der Waals surface area contributed by atoms with Gasteiger partial charge in [0.05, 0.1) is 5.52 Å². The lowest BCUT2D eigenvalue weighted by molar-refractivity contribution is 0.103. The molecule has 0 atom stereocenters. The largest absolute Gasteiger partial charge is 0.417 e. The van der Waals surface area contributed by atoms with Gasteiger partial charge in [0, 0.05) is 11.1 Å². The van der Waals surface area contributed by atoms with Crippen molar-refractivity contribution >= 4 is 16.9 Å². The average molecular weight is 253 g/mol. The van der Waals surface area contributed by atoms with Gasteiger partial charge in [-0.3, -0.25) is 9.78 Å². The zero-order valence-corrected chi connectivity index (χ0v) is 10.3. The van der Waals surface area contributed by atoms with Crippen LogP contribution in [0.5, 0.6) is 0 Å². The third-order valence-electron chi connectivity index (χ3n) is 2.96. The van der Waals surface area contributed by atoms with Gasteiger partial charge in [0.25, 0.3) is 0 Å². The topological polar surface area (TPSA) is 63.1 Å². The second-order valence-corrected chi connectivity index (χ2v) is 4.42. The summed E-state index contributed by atoms with van der Waals surface area (Å²) in [5.41, 5.74) is 3.13. The Morgan fingerprint density at radius 3 is 2.68 bits per heavy atom. The van der Waals surface area contributed by atoms with E-state index in [1.807, 2.05) is 25.1 Å². The summed E-state index contributed by atoms with van der Waals surface area (Å²) in [5, 5.41) is 0. The van der Waals surface area contributed by atoms with Crippen molar-refractivity contribution in [3.05, 3.63) is 69.7 Å². The Hall–Kier alpha value is -2.62. The summed E-state index contributed by atoms with van der Waals surface area (Å²) < 4.78 is 4.95. The number of fused-ring (bicyclic) bond motifs is 1. The molecule has 3 aromatic rings. The number of aromatic nitrogens is 1. The van der Waals surface area contributed by atoms with Gasteiger partial charge in [-0.05, 0) is 31.2 Å². The van der Waals surface area contributed by atoms with Crippen LogP contribution in [0.25, 0.3) is 11.1 Å². The molecule has 0 radical (unpaired) electrons.